The molecule has 2 aromatic carbocycles. The molecule has 4 nitrogen and oxygen atoms in total. The van der Waals surface area contributed by atoms with Crippen molar-refractivity contribution in [1.82, 2.24) is 0 Å². The van der Waals surface area contributed by atoms with Crippen molar-refractivity contribution in [3.8, 4) is 11.5 Å². The summed E-state index contributed by atoms with van der Waals surface area (Å²) in [6.07, 6.45) is -11.0. The van der Waals surface area contributed by atoms with Crippen molar-refractivity contribution in [2.24, 2.45) is 0 Å². The number of aryl methyl sites for hydroxylation is 1. The molecule has 0 aliphatic carbocycles. The third-order valence-electron chi connectivity index (χ3n) is 4.58. The monoisotopic (exact) mass is 578 g/mol. The Morgan fingerprint density at radius 3 is 2.06 bits per heavy atom. The van der Waals surface area contributed by atoms with Crippen LogP contribution in [-0.4, -0.2) is 31.4 Å². The van der Waals surface area contributed by atoms with Crippen LogP contribution in [0.4, 0.5) is 26.3 Å². The highest BCUT2D eigenvalue weighted by molar-refractivity contribution is 14.1. The van der Waals surface area contributed by atoms with E-state index < -0.39 is 30.3 Å². The van der Waals surface area contributed by atoms with E-state index in [-0.39, 0.29) is 24.3 Å². The van der Waals surface area contributed by atoms with Gasteiger partial charge in [0, 0.05) is 12.7 Å². The molecule has 2 rings (SSSR count). The van der Waals surface area contributed by atoms with Crippen LogP contribution in [0, 0.1) is 3.57 Å². The van der Waals surface area contributed by atoms with Crippen molar-refractivity contribution in [3.05, 3.63) is 56.7 Å². The van der Waals surface area contributed by atoms with E-state index in [2.05, 4.69) is 9.47 Å². The fourth-order valence-corrected chi connectivity index (χ4v) is 3.78. The standard InChI is InChI=1S/C21H21F6IO4/c1-3-4-14-10-15(19(20(22,23)24,21(25,26)27)31-12-30-2)6-8-17(14)32-18-7-5-13(11-29)9-16(18)28/h5-10,29H,3-4,11-12H2,1-2H3. The summed E-state index contributed by atoms with van der Waals surface area (Å²) in [5.74, 6) is 0.469. The first-order valence-corrected chi connectivity index (χ1v) is 10.5. The lowest BCUT2D eigenvalue weighted by Gasteiger charge is -2.37. The van der Waals surface area contributed by atoms with Crippen LogP contribution in [0.15, 0.2) is 36.4 Å². The van der Waals surface area contributed by atoms with Gasteiger partial charge in [-0.15, -0.1) is 0 Å². The molecule has 0 amide bonds. The normalized spacial score (nSPS) is 12.8. The second-order valence-corrected chi connectivity index (χ2v) is 7.99. The van der Waals surface area contributed by atoms with E-state index >= 15 is 0 Å². The Hall–Kier alpha value is -1.57. The molecule has 0 atom stereocenters. The van der Waals surface area contributed by atoms with Gasteiger partial charge in [0.1, 0.15) is 18.3 Å². The highest BCUT2D eigenvalue weighted by Gasteiger charge is 2.73. The van der Waals surface area contributed by atoms with Crippen LogP contribution >= 0.6 is 22.6 Å². The van der Waals surface area contributed by atoms with Crippen LogP contribution < -0.4 is 4.74 Å². The second kappa shape index (κ2) is 10.6. The van der Waals surface area contributed by atoms with Crippen LogP contribution in [0.25, 0.3) is 0 Å². The molecule has 2 aromatic rings. The molecule has 0 saturated carbocycles. The number of aliphatic hydroxyl groups excluding tert-OH is 1. The minimum atomic E-state index is -5.80. The largest absolute Gasteiger partial charge is 0.456 e. The van der Waals surface area contributed by atoms with E-state index in [9.17, 15) is 31.4 Å². The Labute approximate surface area is 194 Å². The SMILES string of the molecule is CCCc1cc(C(OCOC)(C(F)(F)F)C(F)(F)F)ccc1Oc1ccc(CO)cc1I. The van der Waals surface area contributed by atoms with Crippen molar-refractivity contribution in [2.45, 2.75) is 44.3 Å². The van der Waals surface area contributed by atoms with E-state index in [0.29, 0.717) is 27.4 Å². The summed E-state index contributed by atoms with van der Waals surface area (Å²) in [4.78, 5) is 0. The molecule has 32 heavy (non-hydrogen) atoms. The predicted octanol–water partition coefficient (Wildman–Crippen LogP) is 6.47. The molecule has 0 radical (unpaired) electrons. The maximum atomic E-state index is 13.8. The van der Waals surface area contributed by atoms with Crippen LogP contribution in [-0.2, 0) is 28.1 Å². The van der Waals surface area contributed by atoms with E-state index in [1.807, 2.05) is 22.6 Å². The summed E-state index contributed by atoms with van der Waals surface area (Å²) in [6, 6.07) is 7.39. The molecule has 0 aromatic heterocycles. The molecule has 0 fully saturated rings. The summed E-state index contributed by atoms with van der Waals surface area (Å²) in [5, 5.41) is 9.21. The number of alkyl halides is 6. The zero-order valence-electron chi connectivity index (χ0n) is 17.1. The molecule has 0 saturated heterocycles. The first kappa shape index (κ1) is 26.7. The third kappa shape index (κ3) is 5.49. The maximum Gasteiger partial charge on any atom is 0.430 e. The molecule has 178 valence electrons. The Morgan fingerprint density at radius 1 is 0.938 bits per heavy atom. The number of aliphatic hydroxyl groups is 1. The number of methoxy groups -OCH3 is 1. The molecule has 0 heterocycles. The number of rotatable bonds is 9. The predicted molar refractivity (Wildman–Crippen MR) is 112 cm³/mol. The fraction of sp³-hybridized carbons (Fsp3) is 0.429. The van der Waals surface area contributed by atoms with Gasteiger partial charge >= 0.3 is 12.4 Å². The number of halogens is 7. The highest BCUT2D eigenvalue weighted by Crippen LogP contribution is 2.53. The van der Waals surface area contributed by atoms with E-state index in [1.54, 1.807) is 25.1 Å². The molecule has 0 bridgehead atoms. The second-order valence-electron chi connectivity index (χ2n) is 6.83. The number of hydrogen-bond acceptors (Lipinski definition) is 4. The molecule has 0 aliphatic heterocycles. The summed E-state index contributed by atoms with van der Waals surface area (Å²) >= 11 is 1.96. The molecular weight excluding hydrogens is 557 g/mol. The first-order chi connectivity index (χ1) is 14.9. The van der Waals surface area contributed by atoms with Crippen LogP contribution in [0.3, 0.4) is 0 Å². The summed E-state index contributed by atoms with van der Waals surface area (Å²) in [6.45, 7) is 0.332. The van der Waals surface area contributed by atoms with Crippen molar-refractivity contribution in [2.75, 3.05) is 13.9 Å². The van der Waals surface area contributed by atoms with Crippen molar-refractivity contribution >= 4 is 22.6 Å². The average molecular weight is 578 g/mol. The highest BCUT2D eigenvalue weighted by atomic mass is 127. The molecule has 0 spiro atoms. The van der Waals surface area contributed by atoms with Crippen molar-refractivity contribution in [1.29, 1.82) is 0 Å². The van der Waals surface area contributed by atoms with Gasteiger partial charge in [0.25, 0.3) is 5.60 Å². The lowest BCUT2D eigenvalue weighted by molar-refractivity contribution is -0.400. The van der Waals surface area contributed by atoms with Gasteiger partial charge in [-0.05, 0) is 64.4 Å². The summed E-state index contributed by atoms with van der Waals surface area (Å²) in [7, 11) is 0.931. The van der Waals surface area contributed by atoms with Crippen molar-refractivity contribution in [3.63, 3.8) is 0 Å². The molecule has 11 heteroatoms. The number of ether oxygens (including phenoxy) is 3. The zero-order valence-corrected chi connectivity index (χ0v) is 19.3. The number of benzene rings is 2. The molecule has 0 unspecified atom stereocenters. The van der Waals surface area contributed by atoms with Crippen LogP contribution in [0.5, 0.6) is 11.5 Å². The first-order valence-electron chi connectivity index (χ1n) is 9.38. The Bertz CT molecular complexity index is 900. The minimum Gasteiger partial charge on any atom is -0.456 e. The van der Waals surface area contributed by atoms with Gasteiger partial charge in [-0.25, -0.2) is 0 Å². The van der Waals surface area contributed by atoms with Crippen LogP contribution in [0.2, 0.25) is 0 Å². The molecule has 1 N–H and O–H groups in total. The summed E-state index contributed by atoms with van der Waals surface area (Å²) in [5.41, 5.74) is -4.89. The Kier molecular flexibility index (Phi) is 8.82. The van der Waals surface area contributed by atoms with Crippen LogP contribution in [0.1, 0.15) is 30.0 Å². The van der Waals surface area contributed by atoms with Gasteiger partial charge in [0.05, 0.1) is 10.2 Å². The van der Waals surface area contributed by atoms with Gasteiger partial charge < -0.3 is 19.3 Å². The van der Waals surface area contributed by atoms with Gasteiger partial charge in [0.15, 0.2) is 0 Å². The third-order valence-corrected chi connectivity index (χ3v) is 5.42. The van der Waals surface area contributed by atoms with Gasteiger partial charge in [-0.1, -0.05) is 25.5 Å². The van der Waals surface area contributed by atoms with Gasteiger partial charge in [0.2, 0.25) is 0 Å². The molecular formula is C21H21F6IO4. The lowest BCUT2D eigenvalue weighted by Crippen LogP contribution is -2.56. The number of hydrogen-bond donors (Lipinski definition) is 1. The summed E-state index contributed by atoms with van der Waals surface area (Å²) < 4.78 is 98.0. The minimum absolute atomic E-state index is 0.121. The van der Waals surface area contributed by atoms with Crippen molar-refractivity contribution < 1.29 is 45.7 Å². The topological polar surface area (TPSA) is 47.9 Å². The Balaban J connectivity index is 2.61. The maximum absolute atomic E-state index is 13.8. The smallest absolute Gasteiger partial charge is 0.430 e. The van der Waals surface area contributed by atoms with Gasteiger partial charge in [-0.3, -0.25) is 0 Å². The average Bonchev–Trinajstić information content (AvgIpc) is 2.69. The molecule has 0 aliphatic rings. The van der Waals surface area contributed by atoms with E-state index in [1.165, 1.54) is 0 Å². The van der Waals surface area contributed by atoms with E-state index in [0.717, 1.165) is 19.2 Å². The fourth-order valence-electron chi connectivity index (χ4n) is 3.09. The van der Waals surface area contributed by atoms with Gasteiger partial charge in [-0.2, -0.15) is 26.3 Å². The van der Waals surface area contributed by atoms with E-state index in [4.69, 9.17) is 4.74 Å². The lowest BCUT2D eigenvalue weighted by atomic mass is 9.89. The zero-order chi connectivity index (χ0) is 24.2. The Morgan fingerprint density at radius 2 is 1.56 bits per heavy atom. The quantitative estimate of drug-likeness (QED) is 0.211.